The van der Waals surface area contributed by atoms with Crippen LogP contribution in [0.3, 0.4) is 0 Å². The minimum atomic E-state index is 1.00. The van der Waals surface area contributed by atoms with E-state index in [-0.39, 0.29) is 0 Å². The summed E-state index contributed by atoms with van der Waals surface area (Å²) in [5.74, 6) is 2.01. The van der Waals surface area contributed by atoms with E-state index in [9.17, 15) is 0 Å². The zero-order valence-corrected chi connectivity index (χ0v) is 11.1. The molecule has 3 heteroatoms. The summed E-state index contributed by atoms with van der Waals surface area (Å²) in [5, 5.41) is 0. The minimum Gasteiger partial charge on any atom is -0.207 e. The van der Waals surface area contributed by atoms with E-state index in [4.69, 9.17) is 0 Å². The van der Waals surface area contributed by atoms with Crippen LogP contribution < -0.4 is 4.13 Å². The molecule has 0 atom stereocenters. The van der Waals surface area contributed by atoms with Gasteiger partial charge in [0.25, 0.3) is 0 Å². The molecule has 0 saturated carbocycles. The average molecular weight is 261 g/mol. The van der Waals surface area contributed by atoms with Crippen molar-refractivity contribution >= 4 is 23.9 Å². The SMILES string of the molecule is c1ccc(CSNSCc2ccccc2)cc1. The first kappa shape index (κ1) is 12.6. The molecular weight excluding hydrogens is 246 g/mol. The maximum Gasteiger partial charge on any atom is 0.0338 e. The number of hydrogen-bond donors (Lipinski definition) is 1. The van der Waals surface area contributed by atoms with Crippen molar-refractivity contribution in [2.24, 2.45) is 0 Å². The number of rotatable bonds is 6. The van der Waals surface area contributed by atoms with Gasteiger partial charge in [-0.25, -0.2) is 4.13 Å². The summed E-state index contributed by atoms with van der Waals surface area (Å²) >= 11 is 3.48. The molecule has 17 heavy (non-hydrogen) atoms. The summed E-state index contributed by atoms with van der Waals surface area (Å²) in [7, 11) is 0. The Labute approximate surface area is 111 Å². The van der Waals surface area contributed by atoms with Gasteiger partial charge in [-0.1, -0.05) is 84.6 Å². The molecule has 0 fully saturated rings. The Morgan fingerprint density at radius 1 is 0.647 bits per heavy atom. The Bertz CT molecular complexity index is 375. The molecule has 0 aliphatic carbocycles. The maximum atomic E-state index is 3.32. The van der Waals surface area contributed by atoms with Crippen LogP contribution in [0.4, 0.5) is 0 Å². The highest BCUT2D eigenvalue weighted by atomic mass is 32.2. The van der Waals surface area contributed by atoms with Crippen LogP contribution in [0.1, 0.15) is 11.1 Å². The van der Waals surface area contributed by atoms with Gasteiger partial charge in [0.05, 0.1) is 0 Å². The highest BCUT2D eigenvalue weighted by Crippen LogP contribution is 2.15. The highest BCUT2D eigenvalue weighted by molar-refractivity contribution is 8.11. The first-order valence-corrected chi connectivity index (χ1v) is 7.49. The molecular formula is C14H15NS2. The molecule has 2 aromatic rings. The molecule has 0 unspecified atom stereocenters. The fourth-order valence-corrected chi connectivity index (χ4v) is 2.94. The van der Waals surface area contributed by atoms with Crippen LogP contribution in [0, 0.1) is 0 Å². The Kier molecular flexibility index (Phi) is 5.49. The van der Waals surface area contributed by atoms with Gasteiger partial charge in [0.1, 0.15) is 0 Å². The van der Waals surface area contributed by atoms with Gasteiger partial charge in [-0.05, 0) is 11.1 Å². The van der Waals surface area contributed by atoms with Gasteiger partial charge < -0.3 is 0 Å². The van der Waals surface area contributed by atoms with Crippen LogP contribution >= 0.6 is 23.9 Å². The minimum absolute atomic E-state index is 1.00. The molecule has 0 aliphatic rings. The van der Waals surface area contributed by atoms with Crippen molar-refractivity contribution in [1.29, 1.82) is 0 Å². The van der Waals surface area contributed by atoms with Crippen molar-refractivity contribution in [3.63, 3.8) is 0 Å². The van der Waals surface area contributed by atoms with Crippen molar-refractivity contribution < 1.29 is 0 Å². The van der Waals surface area contributed by atoms with Crippen LogP contribution in [-0.4, -0.2) is 0 Å². The first-order valence-electron chi connectivity index (χ1n) is 5.51. The normalized spacial score (nSPS) is 10.4. The van der Waals surface area contributed by atoms with E-state index in [0.29, 0.717) is 0 Å². The zero-order chi connectivity index (χ0) is 11.8. The number of nitrogens with one attached hydrogen (secondary N) is 1. The third-order valence-electron chi connectivity index (χ3n) is 2.28. The van der Waals surface area contributed by atoms with Gasteiger partial charge in [-0.15, -0.1) is 0 Å². The van der Waals surface area contributed by atoms with Gasteiger partial charge in [-0.3, -0.25) is 0 Å². The van der Waals surface area contributed by atoms with Gasteiger partial charge in [-0.2, -0.15) is 0 Å². The van der Waals surface area contributed by atoms with Crippen molar-refractivity contribution in [3.8, 4) is 0 Å². The molecule has 2 rings (SSSR count). The molecule has 0 heterocycles. The summed E-state index contributed by atoms with van der Waals surface area (Å²) in [4.78, 5) is 0. The number of hydrogen-bond acceptors (Lipinski definition) is 3. The Hall–Kier alpha value is -0.900. The van der Waals surface area contributed by atoms with Crippen LogP contribution in [0.5, 0.6) is 0 Å². The lowest BCUT2D eigenvalue weighted by molar-refractivity contribution is 1.39. The first-order chi connectivity index (χ1) is 8.45. The summed E-state index contributed by atoms with van der Waals surface area (Å²) in [6.07, 6.45) is 0. The fourth-order valence-electron chi connectivity index (χ4n) is 1.42. The predicted octanol–water partition coefficient (Wildman–Crippen LogP) is 4.27. The molecule has 0 amide bonds. The zero-order valence-electron chi connectivity index (χ0n) is 9.50. The Balaban J connectivity index is 1.61. The molecule has 0 spiro atoms. The smallest absolute Gasteiger partial charge is 0.0338 e. The largest absolute Gasteiger partial charge is 0.207 e. The molecule has 2 aromatic carbocycles. The third kappa shape index (κ3) is 4.86. The van der Waals surface area contributed by atoms with E-state index >= 15 is 0 Å². The van der Waals surface area contributed by atoms with Gasteiger partial charge in [0, 0.05) is 11.5 Å². The van der Waals surface area contributed by atoms with Crippen molar-refractivity contribution in [2.45, 2.75) is 11.5 Å². The molecule has 0 aromatic heterocycles. The Morgan fingerprint density at radius 2 is 1.06 bits per heavy atom. The van der Waals surface area contributed by atoms with Crippen LogP contribution in [0.25, 0.3) is 0 Å². The van der Waals surface area contributed by atoms with E-state index in [2.05, 4.69) is 52.7 Å². The molecule has 88 valence electrons. The molecule has 0 radical (unpaired) electrons. The quantitative estimate of drug-likeness (QED) is 0.616. The fraction of sp³-hybridized carbons (Fsp3) is 0.143. The summed E-state index contributed by atoms with van der Waals surface area (Å²) < 4.78 is 3.32. The number of benzene rings is 2. The topological polar surface area (TPSA) is 12.0 Å². The molecule has 0 saturated heterocycles. The highest BCUT2D eigenvalue weighted by Gasteiger charge is 1.94. The van der Waals surface area contributed by atoms with Crippen molar-refractivity contribution in [3.05, 3.63) is 71.8 Å². The third-order valence-corrected chi connectivity index (χ3v) is 4.18. The second kappa shape index (κ2) is 7.43. The summed E-state index contributed by atoms with van der Waals surface area (Å²) in [5.41, 5.74) is 2.70. The molecule has 1 nitrogen and oxygen atoms in total. The van der Waals surface area contributed by atoms with Crippen LogP contribution in [-0.2, 0) is 11.5 Å². The van der Waals surface area contributed by atoms with Gasteiger partial charge >= 0.3 is 0 Å². The van der Waals surface area contributed by atoms with Crippen molar-refractivity contribution in [1.82, 2.24) is 4.13 Å². The van der Waals surface area contributed by atoms with E-state index < -0.39 is 0 Å². The average Bonchev–Trinajstić information content (AvgIpc) is 2.41. The van der Waals surface area contributed by atoms with E-state index in [1.54, 1.807) is 23.9 Å². The lowest BCUT2D eigenvalue weighted by atomic mass is 10.2. The lowest BCUT2D eigenvalue weighted by Crippen LogP contribution is -1.93. The van der Waals surface area contributed by atoms with Gasteiger partial charge in [0.15, 0.2) is 0 Å². The summed E-state index contributed by atoms with van der Waals surface area (Å²) in [6.45, 7) is 0. The second-order valence-electron chi connectivity index (χ2n) is 3.63. The van der Waals surface area contributed by atoms with Gasteiger partial charge in [0.2, 0.25) is 0 Å². The summed E-state index contributed by atoms with van der Waals surface area (Å²) in [6, 6.07) is 21.0. The van der Waals surface area contributed by atoms with Crippen LogP contribution in [0.15, 0.2) is 60.7 Å². The molecule has 1 N–H and O–H groups in total. The molecule has 0 aliphatic heterocycles. The monoisotopic (exact) mass is 261 g/mol. The van der Waals surface area contributed by atoms with E-state index in [1.165, 1.54) is 11.1 Å². The standard InChI is InChI=1S/C14H15NS2/c1-3-7-13(8-4-1)11-16-15-17-12-14-9-5-2-6-10-14/h1-10,15H,11-12H2. The van der Waals surface area contributed by atoms with E-state index in [0.717, 1.165) is 11.5 Å². The van der Waals surface area contributed by atoms with Crippen molar-refractivity contribution in [2.75, 3.05) is 0 Å². The van der Waals surface area contributed by atoms with E-state index in [1.807, 2.05) is 12.1 Å². The predicted molar refractivity (Wildman–Crippen MR) is 78.6 cm³/mol. The molecule has 0 bridgehead atoms. The van der Waals surface area contributed by atoms with Crippen LogP contribution in [0.2, 0.25) is 0 Å². The lowest BCUT2D eigenvalue weighted by Gasteiger charge is -2.03. The Morgan fingerprint density at radius 3 is 1.47 bits per heavy atom. The second-order valence-corrected chi connectivity index (χ2v) is 5.45. The maximum absolute atomic E-state index is 3.32.